The summed E-state index contributed by atoms with van der Waals surface area (Å²) < 4.78 is 38.0. The number of hydrogen-bond acceptors (Lipinski definition) is 3. The normalized spacial score (nSPS) is 19.7. The number of guanidine groups is 1. The van der Waals surface area contributed by atoms with Crippen LogP contribution in [0.3, 0.4) is 0 Å². The molecule has 0 bridgehead atoms. The van der Waals surface area contributed by atoms with Gasteiger partial charge in [0.2, 0.25) is 0 Å². The number of likely N-dealkylation sites (tertiary alicyclic amines) is 1. The van der Waals surface area contributed by atoms with Crippen molar-refractivity contribution >= 4 is 17.3 Å². The molecule has 0 radical (unpaired) electrons. The second kappa shape index (κ2) is 10.3. The molecule has 4 nitrogen and oxygen atoms in total. The lowest BCUT2D eigenvalue weighted by atomic mass is 10.1. The van der Waals surface area contributed by atoms with Crippen molar-refractivity contribution in [2.45, 2.75) is 32.9 Å². The van der Waals surface area contributed by atoms with Gasteiger partial charge in [-0.25, -0.2) is 0 Å². The van der Waals surface area contributed by atoms with Crippen LogP contribution in [0.2, 0.25) is 0 Å². The lowest BCUT2D eigenvalue weighted by Crippen LogP contribution is -2.43. The number of aliphatic imine (C=N–C) groups is 1. The van der Waals surface area contributed by atoms with Crippen molar-refractivity contribution in [2.24, 2.45) is 16.8 Å². The number of nitrogens with one attached hydrogen (secondary N) is 1. The molecule has 0 spiro atoms. The number of hydrogen-bond donors (Lipinski definition) is 1. The van der Waals surface area contributed by atoms with Crippen molar-refractivity contribution in [1.29, 1.82) is 0 Å². The monoisotopic (exact) mass is 404 g/mol. The molecule has 1 fully saturated rings. The van der Waals surface area contributed by atoms with Crippen LogP contribution in [-0.2, 0) is 6.42 Å². The van der Waals surface area contributed by atoms with Gasteiger partial charge in [-0.3, -0.25) is 9.89 Å². The number of halogens is 3. The van der Waals surface area contributed by atoms with Gasteiger partial charge in [-0.1, -0.05) is 19.9 Å². The van der Waals surface area contributed by atoms with Crippen LogP contribution >= 0.6 is 11.3 Å². The molecule has 8 heteroatoms. The molecule has 2 rings (SSSR count). The summed E-state index contributed by atoms with van der Waals surface area (Å²) in [5.74, 6) is 1.59. The Balaban J connectivity index is 1.77. The molecular weight excluding hydrogens is 373 g/mol. The lowest BCUT2D eigenvalue weighted by Gasteiger charge is -2.26. The van der Waals surface area contributed by atoms with Gasteiger partial charge in [-0.05, 0) is 42.7 Å². The summed E-state index contributed by atoms with van der Waals surface area (Å²) >= 11 is 1.78. The number of nitrogens with zero attached hydrogens (tertiary/aromatic N) is 3. The van der Waals surface area contributed by atoms with Crippen LogP contribution in [0.1, 0.15) is 25.1 Å². The van der Waals surface area contributed by atoms with Crippen molar-refractivity contribution in [3.63, 3.8) is 0 Å². The summed E-state index contributed by atoms with van der Waals surface area (Å²) in [7, 11) is 1.77. The molecule has 1 N–H and O–H groups in total. The third kappa shape index (κ3) is 7.70. The predicted octanol–water partition coefficient (Wildman–Crippen LogP) is 3.71. The first-order valence-electron chi connectivity index (χ1n) is 9.57. The minimum atomic E-state index is -4.13. The Kier molecular flexibility index (Phi) is 8.41. The van der Waals surface area contributed by atoms with E-state index in [4.69, 9.17) is 0 Å². The van der Waals surface area contributed by atoms with Crippen LogP contribution < -0.4 is 5.32 Å². The van der Waals surface area contributed by atoms with Crippen LogP contribution in [-0.4, -0.2) is 68.3 Å². The molecule has 1 aromatic rings. The highest BCUT2D eigenvalue weighted by atomic mass is 32.1. The zero-order chi connectivity index (χ0) is 19.9. The van der Waals surface area contributed by atoms with Crippen molar-refractivity contribution in [1.82, 2.24) is 15.1 Å². The van der Waals surface area contributed by atoms with E-state index in [1.165, 1.54) is 9.78 Å². The van der Waals surface area contributed by atoms with Crippen LogP contribution in [0.5, 0.6) is 0 Å². The summed E-state index contributed by atoms with van der Waals surface area (Å²) in [4.78, 5) is 9.42. The first-order valence-corrected chi connectivity index (χ1v) is 10.5. The second-order valence-electron chi connectivity index (χ2n) is 7.36. The first-order chi connectivity index (χ1) is 12.8. The molecule has 0 aromatic carbocycles. The maximum atomic E-state index is 12.7. The third-order valence-corrected chi connectivity index (χ3v) is 5.80. The maximum Gasteiger partial charge on any atom is 0.401 e. The lowest BCUT2D eigenvalue weighted by molar-refractivity contribution is -0.146. The Morgan fingerprint density at radius 3 is 2.85 bits per heavy atom. The summed E-state index contributed by atoms with van der Waals surface area (Å²) in [6, 6.07) is 4.23. The number of alkyl halides is 3. The zero-order valence-electron chi connectivity index (χ0n) is 16.4. The Morgan fingerprint density at radius 2 is 2.26 bits per heavy atom. The van der Waals surface area contributed by atoms with E-state index in [1.54, 1.807) is 25.3 Å². The van der Waals surface area contributed by atoms with E-state index < -0.39 is 12.7 Å². The topological polar surface area (TPSA) is 30.9 Å². The van der Waals surface area contributed by atoms with E-state index in [-0.39, 0.29) is 5.92 Å². The number of rotatable bonds is 8. The first kappa shape index (κ1) is 22.0. The Bertz CT molecular complexity index is 574. The van der Waals surface area contributed by atoms with Crippen LogP contribution in [0.4, 0.5) is 13.2 Å². The van der Waals surface area contributed by atoms with E-state index >= 15 is 0 Å². The SMILES string of the molecule is CCN(CC1CCN(C(=NC)NCC(C)Cc2cccs2)C1)CC(F)(F)F. The standard InChI is InChI=1S/C19H31F3N4S/c1-4-25(14-19(20,21)22)12-16-7-8-26(13-16)18(23-3)24-11-15(2)10-17-6-5-9-27-17/h5-6,9,15-16H,4,7-8,10-14H2,1-3H3,(H,23,24). The molecule has 0 amide bonds. The van der Waals surface area contributed by atoms with E-state index in [1.807, 2.05) is 0 Å². The van der Waals surface area contributed by atoms with Gasteiger partial charge in [0.05, 0.1) is 6.54 Å². The summed E-state index contributed by atoms with van der Waals surface area (Å²) in [5, 5.41) is 5.53. The van der Waals surface area contributed by atoms with Crippen LogP contribution in [0.25, 0.3) is 0 Å². The smallest absolute Gasteiger partial charge is 0.356 e. The molecule has 154 valence electrons. The highest BCUT2D eigenvalue weighted by Crippen LogP contribution is 2.21. The number of thiophene rings is 1. The largest absolute Gasteiger partial charge is 0.401 e. The Morgan fingerprint density at radius 1 is 1.48 bits per heavy atom. The van der Waals surface area contributed by atoms with E-state index in [9.17, 15) is 13.2 Å². The van der Waals surface area contributed by atoms with Crippen LogP contribution in [0, 0.1) is 11.8 Å². The molecule has 2 unspecified atom stereocenters. The van der Waals surface area contributed by atoms with Gasteiger partial charge in [0, 0.05) is 38.1 Å². The fourth-order valence-electron chi connectivity index (χ4n) is 3.54. The third-order valence-electron chi connectivity index (χ3n) is 4.90. The van der Waals surface area contributed by atoms with Crippen molar-refractivity contribution < 1.29 is 13.2 Å². The van der Waals surface area contributed by atoms with Gasteiger partial charge in [0.15, 0.2) is 5.96 Å². The predicted molar refractivity (Wildman–Crippen MR) is 106 cm³/mol. The highest BCUT2D eigenvalue weighted by Gasteiger charge is 2.33. The van der Waals surface area contributed by atoms with Crippen molar-refractivity contribution in [2.75, 3.05) is 46.3 Å². The van der Waals surface area contributed by atoms with E-state index in [2.05, 4.69) is 39.6 Å². The second-order valence-corrected chi connectivity index (χ2v) is 8.39. The summed E-state index contributed by atoms with van der Waals surface area (Å²) in [5.41, 5.74) is 0. The minimum absolute atomic E-state index is 0.245. The minimum Gasteiger partial charge on any atom is -0.356 e. The summed E-state index contributed by atoms with van der Waals surface area (Å²) in [6.07, 6.45) is -2.20. The summed E-state index contributed by atoms with van der Waals surface area (Å²) in [6.45, 7) is 6.51. The van der Waals surface area contributed by atoms with Crippen molar-refractivity contribution in [3.05, 3.63) is 22.4 Å². The van der Waals surface area contributed by atoms with E-state index in [0.717, 1.165) is 38.4 Å². The average Bonchev–Trinajstić information content (AvgIpc) is 3.26. The molecule has 1 saturated heterocycles. The molecule has 0 aliphatic carbocycles. The molecule has 1 aliphatic heterocycles. The highest BCUT2D eigenvalue weighted by molar-refractivity contribution is 7.09. The zero-order valence-corrected chi connectivity index (χ0v) is 17.2. The molecule has 1 aromatic heterocycles. The fourth-order valence-corrected chi connectivity index (χ4v) is 4.41. The quantitative estimate of drug-likeness (QED) is 0.529. The van der Waals surface area contributed by atoms with E-state index in [0.29, 0.717) is 19.0 Å². The molecule has 0 saturated carbocycles. The molecule has 1 aliphatic rings. The Hall–Kier alpha value is -1.28. The molecular formula is C19H31F3N4S. The van der Waals surface area contributed by atoms with Crippen LogP contribution in [0.15, 0.2) is 22.5 Å². The molecule has 2 atom stereocenters. The van der Waals surface area contributed by atoms with Gasteiger partial charge in [0.1, 0.15) is 0 Å². The fraction of sp³-hybridized carbons (Fsp3) is 0.737. The molecule has 27 heavy (non-hydrogen) atoms. The van der Waals surface area contributed by atoms with Gasteiger partial charge < -0.3 is 10.2 Å². The Labute approximate surface area is 164 Å². The van der Waals surface area contributed by atoms with Crippen molar-refractivity contribution in [3.8, 4) is 0 Å². The van der Waals surface area contributed by atoms with Gasteiger partial charge in [0.25, 0.3) is 0 Å². The molecule has 2 heterocycles. The average molecular weight is 405 g/mol. The van der Waals surface area contributed by atoms with Gasteiger partial charge >= 0.3 is 6.18 Å². The van der Waals surface area contributed by atoms with Gasteiger partial charge in [-0.15, -0.1) is 11.3 Å². The maximum absolute atomic E-state index is 12.7. The van der Waals surface area contributed by atoms with Gasteiger partial charge in [-0.2, -0.15) is 13.2 Å².